The number of carbonyl (C=O) groups excluding carboxylic acids is 2. The van der Waals surface area contributed by atoms with Crippen molar-refractivity contribution >= 4 is 17.8 Å². The smallest absolute Gasteiger partial charge is 0.307 e. The summed E-state index contributed by atoms with van der Waals surface area (Å²) in [5, 5.41) is 9.54. The van der Waals surface area contributed by atoms with Crippen LogP contribution in [0.2, 0.25) is 0 Å². The minimum absolute atomic E-state index is 0.0186. The maximum Gasteiger partial charge on any atom is 0.307 e. The number of piperazine rings is 1. The Labute approximate surface area is 154 Å². The number of carboxylic acids is 1. The molecule has 144 valence electrons. The lowest BCUT2D eigenvalue weighted by Crippen LogP contribution is -2.55. The molecule has 3 atom stereocenters. The Kier molecular flexibility index (Phi) is 5.65. The number of hydrogen-bond acceptors (Lipinski definition) is 4. The second-order valence-corrected chi connectivity index (χ2v) is 7.67. The number of nitrogens with zero attached hydrogens (tertiary/aromatic N) is 2. The first-order valence-corrected chi connectivity index (χ1v) is 9.45. The molecule has 0 aromatic rings. The van der Waals surface area contributed by atoms with E-state index >= 15 is 0 Å². The van der Waals surface area contributed by atoms with E-state index in [0.29, 0.717) is 45.6 Å². The van der Waals surface area contributed by atoms with E-state index in [0.717, 1.165) is 24.0 Å². The molecule has 1 aliphatic carbocycles. The van der Waals surface area contributed by atoms with E-state index in [9.17, 15) is 19.5 Å². The fraction of sp³-hybridized carbons (Fsp3) is 0.737. The maximum absolute atomic E-state index is 13.0. The molecule has 1 N–H and O–H groups in total. The molecule has 2 saturated heterocycles. The SMILES string of the molecule is CC1=C(C)C[C@H](C(=O)N2CCN(C(=O)[C@@H]3CCCO3)CC2)[C@@H](C(=O)O)C1. The Morgan fingerprint density at radius 1 is 0.923 bits per heavy atom. The zero-order valence-electron chi connectivity index (χ0n) is 15.6. The van der Waals surface area contributed by atoms with E-state index in [2.05, 4.69) is 0 Å². The third-order valence-electron chi connectivity index (χ3n) is 6.01. The zero-order valence-corrected chi connectivity index (χ0v) is 15.6. The molecular weight excluding hydrogens is 336 g/mol. The number of rotatable bonds is 3. The van der Waals surface area contributed by atoms with Crippen LogP contribution in [0.25, 0.3) is 0 Å². The predicted octanol–water partition coefficient (Wildman–Crippen LogP) is 1.28. The molecule has 7 heteroatoms. The van der Waals surface area contributed by atoms with Crippen LogP contribution in [0.3, 0.4) is 0 Å². The normalized spacial score (nSPS) is 29.8. The first kappa shape index (κ1) is 18.9. The van der Waals surface area contributed by atoms with Crippen LogP contribution in [-0.2, 0) is 19.1 Å². The third-order valence-corrected chi connectivity index (χ3v) is 6.01. The van der Waals surface area contributed by atoms with Crippen molar-refractivity contribution in [3.05, 3.63) is 11.1 Å². The number of ether oxygens (including phenoxy) is 1. The Balaban J connectivity index is 1.60. The molecule has 0 saturated carbocycles. The van der Waals surface area contributed by atoms with E-state index in [4.69, 9.17) is 4.74 Å². The molecule has 2 amide bonds. The molecule has 0 spiro atoms. The van der Waals surface area contributed by atoms with Crippen LogP contribution >= 0.6 is 0 Å². The molecule has 2 heterocycles. The van der Waals surface area contributed by atoms with Gasteiger partial charge in [-0.25, -0.2) is 0 Å². The number of hydrogen-bond donors (Lipinski definition) is 1. The van der Waals surface area contributed by atoms with Gasteiger partial charge in [-0.3, -0.25) is 14.4 Å². The second kappa shape index (κ2) is 7.78. The minimum atomic E-state index is -0.901. The first-order chi connectivity index (χ1) is 12.4. The molecule has 2 fully saturated rings. The lowest BCUT2D eigenvalue weighted by molar-refractivity contribution is -0.153. The van der Waals surface area contributed by atoms with Gasteiger partial charge in [0.1, 0.15) is 6.10 Å². The topological polar surface area (TPSA) is 87.2 Å². The van der Waals surface area contributed by atoms with Crippen molar-refractivity contribution in [2.45, 2.75) is 45.6 Å². The summed E-state index contributed by atoms with van der Waals surface area (Å²) in [7, 11) is 0. The quantitative estimate of drug-likeness (QED) is 0.763. The van der Waals surface area contributed by atoms with Crippen molar-refractivity contribution in [2.75, 3.05) is 32.8 Å². The van der Waals surface area contributed by atoms with Gasteiger partial charge in [0.05, 0.1) is 11.8 Å². The van der Waals surface area contributed by atoms with Crippen LogP contribution < -0.4 is 0 Å². The van der Waals surface area contributed by atoms with Gasteiger partial charge in [0, 0.05) is 32.8 Å². The monoisotopic (exact) mass is 364 g/mol. The number of amides is 2. The summed E-state index contributed by atoms with van der Waals surface area (Å²) in [5.74, 6) is -2.13. The van der Waals surface area contributed by atoms with Gasteiger partial charge >= 0.3 is 5.97 Å². The second-order valence-electron chi connectivity index (χ2n) is 7.67. The number of allylic oxidation sites excluding steroid dienone is 2. The van der Waals surface area contributed by atoms with Crippen molar-refractivity contribution in [3.8, 4) is 0 Å². The molecule has 7 nitrogen and oxygen atoms in total. The Bertz CT molecular complexity index is 615. The highest BCUT2D eigenvalue weighted by Gasteiger charge is 2.40. The van der Waals surface area contributed by atoms with E-state index in [1.807, 2.05) is 13.8 Å². The van der Waals surface area contributed by atoms with Crippen LogP contribution in [0.15, 0.2) is 11.1 Å². The number of carboxylic acid groups (broad SMARTS) is 1. The van der Waals surface area contributed by atoms with Gasteiger partial charge in [-0.1, -0.05) is 11.1 Å². The number of carbonyl (C=O) groups is 3. The average molecular weight is 364 g/mol. The molecular formula is C19H28N2O5. The summed E-state index contributed by atoms with van der Waals surface area (Å²) in [6.45, 7) is 6.46. The summed E-state index contributed by atoms with van der Waals surface area (Å²) < 4.78 is 5.46. The molecule has 0 bridgehead atoms. The van der Waals surface area contributed by atoms with Gasteiger partial charge in [-0.2, -0.15) is 0 Å². The van der Waals surface area contributed by atoms with Gasteiger partial charge < -0.3 is 19.6 Å². The average Bonchev–Trinajstić information content (AvgIpc) is 3.17. The van der Waals surface area contributed by atoms with Crippen molar-refractivity contribution in [3.63, 3.8) is 0 Å². The first-order valence-electron chi connectivity index (χ1n) is 9.45. The van der Waals surface area contributed by atoms with Gasteiger partial charge in [0.15, 0.2) is 0 Å². The minimum Gasteiger partial charge on any atom is -0.481 e. The lowest BCUT2D eigenvalue weighted by Gasteiger charge is -2.39. The maximum atomic E-state index is 13.0. The fourth-order valence-electron chi connectivity index (χ4n) is 4.17. The summed E-state index contributed by atoms with van der Waals surface area (Å²) in [5.41, 5.74) is 2.20. The van der Waals surface area contributed by atoms with Crippen molar-refractivity contribution in [2.24, 2.45) is 11.8 Å². The van der Waals surface area contributed by atoms with E-state index < -0.39 is 17.8 Å². The van der Waals surface area contributed by atoms with E-state index in [1.54, 1.807) is 9.80 Å². The highest BCUT2D eigenvalue weighted by atomic mass is 16.5. The van der Waals surface area contributed by atoms with Gasteiger partial charge in [-0.05, 0) is 39.5 Å². The molecule has 3 aliphatic rings. The van der Waals surface area contributed by atoms with Crippen LogP contribution in [0, 0.1) is 11.8 Å². The summed E-state index contributed by atoms with van der Waals surface area (Å²) >= 11 is 0. The van der Waals surface area contributed by atoms with Gasteiger partial charge in [0.2, 0.25) is 5.91 Å². The Morgan fingerprint density at radius 2 is 1.46 bits per heavy atom. The molecule has 0 aromatic carbocycles. The molecule has 0 radical (unpaired) electrons. The zero-order chi connectivity index (χ0) is 18.8. The summed E-state index contributed by atoms with van der Waals surface area (Å²) in [6.07, 6.45) is 2.30. The molecule has 0 unspecified atom stereocenters. The molecule has 26 heavy (non-hydrogen) atoms. The van der Waals surface area contributed by atoms with E-state index in [1.165, 1.54) is 0 Å². The molecule has 2 aliphatic heterocycles. The van der Waals surface area contributed by atoms with Crippen molar-refractivity contribution in [1.29, 1.82) is 0 Å². The summed E-state index contributed by atoms with van der Waals surface area (Å²) in [6, 6.07) is 0. The van der Waals surface area contributed by atoms with Gasteiger partial charge in [-0.15, -0.1) is 0 Å². The summed E-state index contributed by atoms with van der Waals surface area (Å²) in [4.78, 5) is 40.5. The van der Waals surface area contributed by atoms with Crippen LogP contribution in [0.5, 0.6) is 0 Å². The van der Waals surface area contributed by atoms with Crippen molar-refractivity contribution < 1.29 is 24.2 Å². The van der Waals surface area contributed by atoms with Crippen LogP contribution in [0.4, 0.5) is 0 Å². The van der Waals surface area contributed by atoms with Crippen LogP contribution in [-0.4, -0.2) is 71.6 Å². The molecule has 0 aromatic heterocycles. The Morgan fingerprint density at radius 3 is 1.96 bits per heavy atom. The molecule has 3 rings (SSSR count). The highest BCUT2D eigenvalue weighted by molar-refractivity contribution is 5.86. The van der Waals surface area contributed by atoms with Gasteiger partial charge in [0.25, 0.3) is 5.91 Å². The lowest BCUT2D eigenvalue weighted by atomic mass is 9.76. The largest absolute Gasteiger partial charge is 0.481 e. The highest BCUT2D eigenvalue weighted by Crippen LogP contribution is 2.35. The van der Waals surface area contributed by atoms with E-state index in [-0.39, 0.29) is 17.9 Å². The van der Waals surface area contributed by atoms with Crippen molar-refractivity contribution in [1.82, 2.24) is 9.80 Å². The van der Waals surface area contributed by atoms with Crippen LogP contribution in [0.1, 0.15) is 39.5 Å². The number of aliphatic carboxylic acids is 1. The Hall–Kier alpha value is -1.89. The fourth-order valence-corrected chi connectivity index (χ4v) is 4.17. The third kappa shape index (κ3) is 3.77. The predicted molar refractivity (Wildman–Crippen MR) is 94.4 cm³/mol. The standard InChI is InChI=1S/C19H28N2O5/c1-12-10-14(15(19(24)25)11-13(12)2)17(22)20-5-7-21(8-6-20)18(23)16-4-3-9-26-16/h14-16H,3-11H2,1-2H3,(H,24,25)/t14-,15-,16-/m0/s1.